The fraction of sp³-hybridized carbons (Fsp3) is 0.833. The molecule has 0 spiro atoms. The van der Waals surface area contributed by atoms with Gasteiger partial charge in [0.25, 0.3) is 0 Å². The summed E-state index contributed by atoms with van der Waals surface area (Å²) in [6, 6.07) is 0. The van der Waals surface area contributed by atoms with Gasteiger partial charge < -0.3 is 10.6 Å². The van der Waals surface area contributed by atoms with Crippen molar-refractivity contribution in [3.8, 4) is 0 Å². The van der Waals surface area contributed by atoms with Gasteiger partial charge in [-0.2, -0.15) is 11.8 Å². The van der Waals surface area contributed by atoms with E-state index in [0.717, 1.165) is 12.8 Å². The third-order valence-electron chi connectivity index (χ3n) is 3.65. The molecule has 1 atom stereocenters. The van der Waals surface area contributed by atoms with Crippen molar-refractivity contribution in [2.75, 3.05) is 19.3 Å². The van der Waals surface area contributed by atoms with E-state index >= 15 is 0 Å². The molecule has 2 amide bonds. The predicted octanol–water partition coefficient (Wildman–Crippen LogP) is 1.16. The average Bonchev–Trinajstić information content (AvgIpc) is 2.78. The monoisotopic (exact) mass is 258 g/mol. The van der Waals surface area contributed by atoms with Gasteiger partial charge >= 0.3 is 0 Å². The van der Waals surface area contributed by atoms with E-state index in [9.17, 15) is 9.59 Å². The van der Waals surface area contributed by atoms with E-state index in [1.165, 1.54) is 0 Å². The van der Waals surface area contributed by atoms with Crippen LogP contribution < -0.4 is 10.6 Å². The highest BCUT2D eigenvalue weighted by atomic mass is 32.2. The summed E-state index contributed by atoms with van der Waals surface area (Å²) in [5.41, 5.74) is 0. The van der Waals surface area contributed by atoms with Crippen LogP contribution >= 0.6 is 11.8 Å². The molecule has 0 aromatic heterocycles. The fourth-order valence-electron chi connectivity index (χ4n) is 2.04. The molecule has 1 fully saturated rings. The summed E-state index contributed by atoms with van der Waals surface area (Å²) < 4.78 is 0.131. The Kier molecular flexibility index (Phi) is 5.31. The standard InChI is InChI=1S/C12H22N2O2S/c1-4-12(5-2,17-3)8-14-11(16)9-6-10(15)13-7-9/h9H,4-8H2,1-3H3,(H,13,15)(H,14,16). The molecule has 1 saturated heterocycles. The molecule has 0 aromatic rings. The van der Waals surface area contributed by atoms with Crippen LogP contribution in [0.25, 0.3) is 0 Å². The van der Waals surface area contributed by atoms with Crippen molar-refractivity contribution in [2.45, 2.75) is 37.9 Å². The highest BCUT2D eigenvalue weighted by molar-refractivity contribution is 8.00. The number of rotatable bonds is 6. The Labute approximate surface area is 107 Å². The average molecular weight is 258 g/mol. The number of thioether (sulfide) groups is 1. The number of hydrogen-bond acceptors (Lipinski definition) is 3. The van der Waals surface area contributed by atoms with E-state index in [-0.39, 0.29) is 22.5 Å². The minimum Gasteiger partial charge on any atom is -0.355 e. The lowest BCUT2D eigenvalue weighted by atomic mass is 10.0. The van der Waals surface area contributed by atoms with E-state index in [1.807, 2.05) is 0 Å². The number of carbonyl (C=O) groups excluding carboxylic acids is 2. The number of hydrogen-bond donors (Lipinski definition) is 2. The van der Waals surface area contributed by atoms with Gasteiger partial charge in [-0.3, -0.25) is 9.59 Å². The number of carbonyl (C=O) groups is 2. The fourth-order valence-corrected chi connectivity index (χ4v) is 2.84. The Balaban J connectivity index is 2.44. The van der Waals surface area contributed by atoms with Crippen molar-refractivity contribution in [1.82, 2.24) is 10.6 Å². The Morgan fingerprint density at radius 2 is 2.18 bits per heavy atom. The maximum atomic E-state index is 11.9. The van der Waals surface area contributed by atoms with Gasteiger partial charge in [0, 0.05) is 24.3 Å². The van der Waals surface area contributed by atoms with Crippen LogP contribution in [0.4, 0.5) is 0 Å². The first-order valence-electron chi connectivity index (χ1n) is 6.16. The summed E-state index contributed by atoms with van der Waals surface area (Å²) in [5.74, 6) is -0.202. The molecule has 1 unspecified atom stereocenters. The van der Waals surface area contributed by atoms with Crippen molar-refractivity contribution in [3.05, 3.63) is 0 Å². The molecule has 0 saturated carbocycles. The Hall–Kier alpha value is -0.710. The smallest absolute Gasteiger partial charge is 0.225 e. The summed E-state index contributed by atoms with van der Waals surface area (Å²) in [4.78, 5) is 22.9. The van der Waals surface area contributed by atoms with Crippen LogP contribution in [0.3, 0.4) is 0 Å². The molecule has 0 aliphatic carbocycles. The van der Waals surface area contributed by atoms with E-state index in [4.69, 9.17) is 0 Å². The lowest BCUT2D eigenvalue weighted by Gasteiger charge is -2.30. The summed E-state index contributed by atoms with van der Waals surface area (Å²) in [6.07, 6.45) is 4.48. The Bertz CT molecular complexity index is 282. The molecule has 4 nitrogen and oxygen atoms in total. The minimum absolute atomic E-state index is 0.00340. The molecule has 1 rings (SSSR count). The molecular formula is C12H22N2O2S. The maximum Gasteiger partial charge on any atom is 0.225 e. The molecule has 1 aliphatic heterocycles. The van der Waals surface area contributed by atoms with Crippen LogP contribution in [-0.4, -0.2) is 35.9 Å². The van der Waals surface area contributed by atoms with E-state index in [0.29, 0.717) is 19.5 Å². The normalized spacial score (nSPS) is 20.2. The lowest BCUT2D eigenvalue weighted by molar-refractivity contribution is -0.126. The first-order valence-corrected chi connectivity index (χ1v) is 7.39. The Morgan fingerprint density at radius 3 is 2.59 bits per heavy atom. The lowest BCUT2D eigenvalue weighted by Crippen LogP contribution is -2.42. The second-order valence-corrected chi connectivity index (χ2v) is 5.79. The number of nitrogens with one attached hydrogen (secondary N) is 2. The molecule has 5 heteroatoms. The summed E-state index contributed by atoms with van der Waals surface area (Å²) in [7, 11) is 0. The molecule has 0 radical (unpaired) electrons. The van der Waals surface area contributed by atoms with Crippen molar-refractivity contribution >= 4 is 23.6 Å². The molecule has 1 heterocycles. The van der Waals surface area contributed by atoms with Gasteiger partial charge in [0.15, 0.2) is 0 Å². The van der Waals surface area contributed by atoms with Crippen LogP contribution in [0.2, 0.25) is 0 Å². The van der Waals surface area contributed by atoms with Gasteiger partial charge in [-0.15, -0.1) is 0 Å². The first-order chi connectivity index (χ1) is 8.06. The summed E-state index contributed by atoms with van der Waals surface area (Å²) in [6.45, 7) is 5.46. The molecule has 98 valence electrons. The van der Waals surface area contributed by atoms with Crippen molar-refractivity contribution in [2.24, 2.45) is 5.92 Å². The SMILES string of the molecule is CCC(CC)(CNC(=O)C1CNC(=O)C1)SC. The van der Waals surface area contributed by atoms with Gasteiger partial charge in [0.05, 0.1) is 5.92 Å². The van der Waals surface area contributed by atoms with E-state index in [1.54, 1.807) is 11.8 Å². The minimum atomic E-state index is -0.184. The van der Waals surface area contributed by atoms with Gasteiger partial charge in [0.1, 0.15) is 0 Å². The number of amides is 2. The molecule has 0 bridgehead atoms. The second kappa shape index (κ2) is 6.28. The first kappa shape index (κ1) is 14.4. The third kappa shape index (κ3) is 3.63. The summed E-state index contributed by atoms with van der Waals surface area (Å²) >= 11 is 1.81. The van der Waals surface area contributed by atoms with Crippen LogP contribution in [0, 0.1) is 5.92 Å². The van der Waals surface area contributed by atoms with E-state index < -0.39 is 0 Å². The largest absolute Gasteiger partial charge is 0.355 e. The molecule has 0 aromatic carbocycles. The van der Waals surface area contributed by atoms with Crippen molar-refractivity contribution < 1.29 is 9.59 Å². The van der Waals surface area contributed by atoms with Crippen LogP contribution in [0.15, 0.2) is 0 Å². The zero-order valence-corrected chi connectivity index (χ0v) is 11.7. The quantitative estimate of drug-likeness (QED) is 0.751. The van der Waals surface area contributed by atoms with Crippen LogP contribution in [0.5, 0.6) is 0 Å². The van der Waals surface area contributed by atoms with Crippen LogP contribution in [0.1, 0.15) is 33.1 Å². The highest BCUT2D eigenvalue weighted by Crippen LogP contribution is 2.29. The van der Waals surface area contributed by atoms with Gasteiger partial charge in [-0.05, 0) is 19.1 Å². The van der Waals surface area contributed by atoms with Crippen molar-refractivity contribution in [1.29, 1.82) is 0 Å². The highest BCUT2D eigenvalue weighted by Gasteiger charge is 2.30. The Morgan fingerprint density at radius 1 is 1.53 bits per heavy atom. The van der Waals surface area contributed by atoms with Gasteiger partial charge in [0.2, 0.25) is 11.8 Å². The van der Waals surface area contributed by atoms with E-state index in [2.05, 4.69) is 30.7 Å². The summed E-state index contributed by atoms with van der Waals surface area (Å²) in [5, 5.41) is 5.67. The molecule has 17 heavy (non-hydrogen) atoms. The van der Waals surface area contributed by atoms with Gasteiger partial charge in [-0.1, -0.05) is 13.8 Å². The predicted molar refractivity (Wildman–Crippen MR) is 71.0 cm³/mol. The zero-order chi connectivity index (χ0) is 12.9. The van der Waals surface area contributed by atoms with Crippen molar-refractivity contribution in [3.63, 3.8) is 0 Å². The molecule has 1 aliphatic rings. The molecular weight excluding hydrogens is 236 g/mol. The van der Waals surface area contributed by atoms with Gasteiger partial charge in [-0.25, -0.2) is 0 Å². The second-order valence-electron chi connectivity index (χ2n) is 4.52. The zero-order valence-electron chi connectivity index (χ0n) is 10.8. The topological polar surface area (TPSA) is 58.2 Å². The van der Waals surface area contributed by atoms with Crippen LogP contribution in [-0.2, 0) is 9.59 Å². The third-order valence-corrected chi connectivity index (χ3v) is 5.24. The maximum absolute atomic E-state index is 11.9. The molecule has 2 N–H and O–H groups in total.